The monoisotopic (exact) mass is 772 g/mol. The highest BCUT2D eigenvalue weighted by Crippen LogP contribution is 2.29. The lowest BCUT2D eigenvalue weighted by Crippen LogP contribution is -2.34. The van der Waals surface area contributed by atoms with Crippen LogP contribution in [0.1, 0.15) is 94.5 Å². The molecule has 0 aliphatic rings. The van der Waals surface area contributed by atoms with E-state index in [0.717, 1.165) is 44.9 Å². The molecule has 0 spiro atoms. The van der Waals surface area contributed by atoms with Crippen LogP contribution in [0.3, 0.4) is 0 Å². The number of esters is 1. The summed E-state index contributed by atoms with van der Waals surface area (Å²) in [5.41, 5.74) is 8.43. The van der Waals surface area contributed by atoms with Gasteiger partial charge < -0.3 is 35.1 Å². The first-order valence-corrected chi connectivity index (χ1v) is 19.3. The lowest BCUT2D eigenvalue weighted by Gasteiger charge is -2.25. The molecule has 0 aliphatic carbocycles. The molecule has 3 rings (SSSR count). The number of rotatable bonds is 22. The van der Waals surface area contributed by atoms with Crippen molar-refractivity contribution in [2.24, 2.45) is 10.7 Å². The normalized spacial score (nSPS) is 11.0. The van der Waals surface area contributed by atoms with E-state index in [0.29, 0.717) is 29.0 Å². The topological polar surface area (TPSA) is 182 Å². The van der Waals surface area contributed by atoms with E-state index in [1.807, 2.05) is 6.07 Å². The van der Waals surface area contributed by atoms with Gasteiger partial charge in [-0.2, -0.15) is 4.99 Å². The maximum absolute atomic E-state index is 14.0. The highest BCUT2D eigenvalue weighted by atomic mass is 16.6. The zero-order chi connectivity index (χ0) is 40.7. The Morgan fingerprint density at radius 3 is 2.04 bits per heavy atom. The van der Waals surface area contributed by atoms with Crippen LogP contribution in [-0.4, -0.2) is 75.8 Å². The number of benzene rings is 3. The summed E-state index contributed by atoms with van der Waals surface area (Å²) in [4.78, 5) is 71.4. The number of amidine groups is 1. The Balaban J connectivity index is 1.76. The molecule has 0 saturated carbocycles. The van der Waals surface area contributed by atoms with E-state index >= 15 is 0 Å². The number of likely N-dealkylation sites (N-methyl/N-ethyl adjacent to an activating group) is 1. The largest absolute Gasteiger partial charge is 0.466 e. The van der Waals surface area contributed by atoms with Crippen LogP contribution in [0.25, 0.3) is 0 Å². The summed E-state index contributed by atoms with van der Waals surface area (Å²) >= 11 is 0. The van der Waals surface area contributed by atoms with Gasteiger partial charge in [0.05, 0.1) is 44.2 Å². The smallest absolute Gasteiger partial charge is 0.435 e. The van der Waals surface area contributed by atoms with Gasteiger partial charge in [-0.3, -0.25) is 19.7 Å². The molecule has 0 radical (unpaired) electrons. The van der Waals surface area contributed by atoms with Gasteiger partial charge in [-0.05, 0) is 74.4 Å². The molecule has 0 aromatic heterocycles. The molecule has 0 saturated heterocycles. The third-order valence-corrected chi connectivity index (χ3v) is 8.66. The van der Waals surface area contributed by atoms with E-state index in [4.69, 9.17) is 19.9 Å². The van der Waals surface area contributed by atoms with Crippen LogP contribution >= 0.6 is 0 Å². The Bertz CT molecular complexity index is 1750. The predicted octanol–water partition coefficient (Wildman–Crippen LogP) is 7.91. The standard InChI is InChI=1S/C42H56N6O8/c1-5-8-10-15-27-55-41(52)45-35-29-32(40(51)48(26-25-38(50)54-7-3)34-17-13-12-14-18-34)21-24-36(35)47(4)37(49)30-44-33-22-19-31(20-23-33)39(43)46-42(53)56-28-16-11-9-6-2/h12-14,17-24,29,44H,5-11,15-16,25-28,30H2,1-4H3,(H,45,52)(H2,43,46,53). The quantitative estimate of drug-likeness (QED) is 0.0298. The summed E-state index contributed by atoms with van der Waals surface area (Å²) in [5.74, 6) is -1.20. The zero-order valence-electron chi connectivity index (χ0n) is 33.0. The number of hydrogen-bond acceptors (Lipinski definition) is 9. The van der Waals surface area contributed by atoms with E-state index in [1.165, 1.54) is 15.9 Å². The van der Waals surface area contributed by atoms with Crippen molar-refractivity contribution in [1.29, 1.82) is 0 Å². The highest BCUT2D eigenvalue weighted by molar-refractivity contribution is 6.09. The third kappa shape index (κ3) is 15.1. The van der Waals surface area contributed by atoms with Gasteiger partial charge in [0, 0.05) is 36.1 Å². The maximum Gasteiger partial charge on any atom is 0.435 e. The van der Waals surface area contributed by atoms with Crippen LogP contribution in [0.15, 0.2) is 77.8 Å². The average Bonchev–Trinajstić information content (AvgIpc) is 3.20. The van der Waals surface area contributed by atoms with E-state index < -0.39 is 24.1 Å². The fraction of sp³-hybridized carbons (Fsp3) is 0.429. The molecule has 0 aliphatic heterocycles. The summed E-state index contributed by atoms with van der Waals surface area (Å²) in [6.45, 7) is 6.57. The van der Waals surface area contributed by atoms with Gasteiger partial charge in [-0.1, -0.05) is 70.6 Å². The molecule has 0 fully saturated rings. The Morgan fingerprint density at radius 1 is 0.750 bits per heavy atom. The van der Waals surface area contributed by atoms with E-state index in [2.05, 4.69) is 29.5 Å². The molecule has 14 heteroatoms. The fourth-order valence-electron chi connectivity index (χ4n) is 5.52. The number of aliphatic imine (C=N–C) groups is 1. The molecule has 0 atom stereocenters. The van der Waals surface area contributed by atoms with Crippen LogP contribution in [0.4, 0.5) is 32.3 Å². The van der Waals surface area contributed by atoms with Gasteiger partial charge in [0.25, 0.3) is 5.91 Å². The number of unbranched alkanes of at least 4 members (excludes halogenated alkanes) is 6. The second-order valence-corrected chi connectivity index (χ2v) is 13.0. The summed E-state index contributed by atoms with van der Waals surface area (Å²) in [6, 6.07) is 20.3. The molecular weight excluding hydrogens is 716 g/mol. The Morgan fingerprint density at radius 2 is 1.39 bits per heavy atom. The van der Waals surface area contributed by atoms with Gasteiger partial charge in [-0.15, -0.1) is 0 Å². The lowest BCUT2D eigenvalue weighted by molar-refractivity contribution is -0.142. The first-order chi connectivity index (χ1) is 27.1. The first kappa shape index (κ1) is 44.5. The van der Waals surface area contributed by atoms with E-state index in [-0.39, 0.29) is 62.3 Å². The number of nitrogens with two attached hydrogens (primary N) is 1. The van der Waals surface area contributed by atoms with Crippen molar-refractivity contribution in [3.05, 3.63) is 83.9 Å². The molecule has 4 amide bonds. The van der Waals surface area contributed by atoms with Crippen LogP contribution in [-0.2, 0) is 23.8 Å². The van der Waals surface area contributed by atoms with Crippen molar-refractivity contribution in [1.82, 2.24) is 0 Å². The number of nitrogens with one attached hydrogen (secondary N) is 2. The van der Waals surface area contributed by atoms with E-state index in [1.54, 1.807) is 74.6 Å². The molecular formula is C42H56N6O8. The van der Waals surface area contributed by atoms with Crippen molar-refractivity contribution < 1.29 is 38.2 Å². The molecule has 4 N–H and O–H groups in total. The van der Waals surface area contributed by atoms with Crippen LogP contribution in [0, 0.1) is 0 Å². The minimum atomic E-state index is -0.746. The van der Waals surface area contributed by atoms with Crippen LogP contribution in [0.2, 0.25) is 0 Å². The van der Waals surface area contributed by atoms with Gasteiger partial charge in [0.1, 0.15) is 5.84 Å². The second-order valence-electron chi connectivity index (χ2n) is 13.0. The van der Waals surface area contributed by atoms with Crippen molar-refractivity contribution in [3.63, 3.8) is 0 Å². The minimum absolute atomic E-state index is 0.0123. The van der Waals surface area contributed by atoms with Crippen LogP contribution < -0.4 is 26.2 Å². The number of ether oxygens (including phenoxy) is 3. The third-order valence-electron chi connectivity index (χ3n) is 8.66. The SMILES string of the molecule is CCCCCCOC(=O)N=C(N)c1ccc(NCC(=O)N(C)c2ccc(C(=O)N(CCC(=O)OCC)c3ccccc3)cc2NC(=O)OCCCCCC)cc1. The summed E-state index contributed by atoms with van der Waals surface area (Å²) in [7, 11) is 1.56. The predicted molar refractivity (Wildman–Crippen MR) is 219 cm³/mol. The first-order valence-electron chi connectivity index (χ1n) is 19.3. The molecule has 3 aromatic carbocycles. The van der Waals surface area contributed by atoms with Crippen molar-refractivity contribution in [3.8, 4) is 0 Å². The number of amides is 4. The van der Waals surface area contributed by atoms with Crippen molar-refractivity contribution in [2.75, 3.05) is 60.4 Å². The summed E-state index contributed by atoms with van der Waals surface area (Å²) in [6.07, 6.45) is 6.09. The fourth-order valence-corrected chi connectivity index (χ4v) is 5.52. The Labute approximate surface area is 329 Å². The van der Waals surface area contributed by atoms with Gasteiger partial charge >= 0.3 is 18.2 Å². The number of hydrogen-bond donors (Lipinski definition) is 3. The second kappa shape index (κ2) is 24.5. The Kier molecular flexibility index (Phi) is 19.4. The maximum atomic E-state index is 14.0. The average molecular weight is 773 g/mol. The van der Waals surface area contributed by atoms with Crippen LogP contribution in [0.5, 0.6) is 0 Å². The number of carbonyl (C=O) groups is 5. The highest BCUT2D eigenvalue weighted by Gasteiger charge is 2.23. The number of nitrogens with zero attached hydrogens (tertiary/aromatic N) is 3. The minimum Gasteiger partial charge on any atom is -0.466 e. The molecule has 0 bridgehead atoms. The number of anilines is 4. The molecule has 0 heterocycles. The van der Waals surface area contributed by atoms with E-state index in [9.17, 15) is 24.0 Å². The molecule has 14 nitrogen and oxygen atoms in total. The number of carbonyl (C=O) groups excluding carboxylic acids is 5. The summed E-state index contributed by atoms with van der Waals surface area (Å²) < 4.78 is 15.6. The van der Waals surface area contributed by atoms with Crippen molar-refractivity contribution >= 4 is 58.6 Å². The molecule has 3 aromatic rings. The lowest BCUT2D eigenvalue weighted by atomic mass is 10.1. The summed E-state index contributed by atoms with van der Waals surface area (Å²) in [5, 5.41) is 5.80. The Hall–Kier alpha value is -5.92. The molecule has 0 unspecified atom stereocenters. The molecule has 302 valence electrons. The molecule has 56 heavy (non-hydrogen) atoms. The number of para-hydroxylation sites is 1. The van der Waals surface area contributed by atoms with Crippen molar-refractivity contribution in [2.45, 2.75) is 78.6 Å². The van der Waals surface area contributed by atoms with Gasteiger partial charge in [-0.25, -0.2) is 9.59 Å². The zero-order valence-corrected chi connectivity index (χ0v) is 33.0. The van der Waals surface area contributed by atoms with Gasteiger partial charge in [0.15, 0.2) is 0 Å². The van der Waals surface area contributed by atoms with Gasteiger partial charge in [0.2, 0.25) is 5.91 Å².